The Kier molecular flexibility index (Phi) is 3.85. The Morgan fingerprint density at radius 3 is 2.78 bits per heavy atom. The number of rotatable bonds is 4. The lowest BCUT2D eigenvalue weighted by molar-refractivity contribution is 0.463. The lowest BCUT2D eigenvalue weighted by Gasteiger charge is -2.24. The Labute approximate surface area is 111 Å². The molecule has 18 heavy (non-hydrogen) atoms. The van der Waals surface area contributed by atoms with Crippen molar-refractivity contribution in [2.24, 2.45) is 5.73 Å². The molecule has 0 aliphatic heterocycles. The lowest BCUT2D eigenvalue weighted by Crippen LogP contribution is -2.32. The summed E-state index contributed by atoms with van der Waals surface area (Å²) in [6.45, 7) is 4.16. The number of aromatic nitrogens is 1. The zero-order chi connectivity index (χ0) is 13.1. The molecule has 4 heteroatoms. The van der Waals surface area contributed by atoms with Gasteiger partial charge in [-0.2, -0.15) is 5.26 Å². The second-order valence-electron chi connectivity index (χ2n) is 4.38. The van der Waals surface area contributed by atoms with Crippen molar-refractivity contribution in [3.05, 3.63) is 45.9 Å². The molecule has 94 valence electrons. The summed E-state index contributed by atoms with van der Waals surface area (Å²) in [7, 11) is 0. The minimum atomic E-state index is 0.0163. The molecule has 0 amide bonds. The van der Waals surface area contributed by atoms with E-state index in [9.17, 15) is 0 Å². The predicted molar refractivity (Wildman–Crippen MR) is 74.6 cm³/mol. The zero-order valence-electron chi connectivity index (χ0n) is 10.6. The molecule has 2 rings (SSSR count). The van der Waals surface area contributed by atoms with Crippen LogP contribution >= 0.6 is 11.3 Å². The van der Waals surface area contributed by atoms with Crippen molar-refractivity contribution in [3.63, 3.8) is 0 Å². The Hall–Kier alpha value is -1.57. The Morgan fingerprint density at radius 2 is 2.22 bits per heavy atom. The molecule has 2 aromatic heterocycles. The molecule has 2 aromatic rings. The van der Waals surface area contributed by atoms with Crippen LogP contribution in [0.1, 0.15) is 34.8 Å². The van der Waals surface area contributed by atoms with Gasteiger partial charge < -0.3 is 10.3 Å². The third-order valence-electron chi connectivity index (χ3n) is 3.12. The zero-order valence-corrected chi connectivity index (χ0v) is 11.4. The molecule has 0 fully saturated rings. The summed E-state index contributed by atoms with van der Waals surface area (Å²) in [5.74, 6) is 0. The molecule has 0 spiro atoms. The molecule has 0 bridgehead atoms. The van der Waals surface area contributed by atoms with Crippen LogP contribution in [-0.4, -0.2) is 10.6 Å². The van der Waals surface area contributed by atoms with Crippen LogP contribution in [0.2, 0.25) is 0 Å². The van der Waals surface area contributed by atoms with Crippen LogP contribution in [-0.2, 0) is 0 Å². The fourth-order valence-corrected chi connectivity index (χ4v) is 3.17. The van der Waals surface area contributed by atoms with E-state index >= 15 is 0 Å². The van der Waals surface area contributed by atoms with Crippen LogP contribution in [0.4, 0.5) is 0 Å². The average Bonchev–Trinajstić information content (AvgIpc) is 2.99. The minimum absolute atomic E-state index is 0.0163. The SMILES string of the molecule is CCC(N)C(c1ccc(C)s1)n1cccc1C#N. The van der Waals surface area contributed by atoms with Crippen LogP contribution in [0.25, 0.3) is 0 Å². The van der Waals surface area contributed by atoms with Crippen molar-refractivity contribution in [1.29, 1.82) is 5.26 Å². The second kappa shape index (κ2) is 5.38. The van der Waals surface area contributed by atoms with Gasteiger partial charge in [-0.05, 0) is 37.6 Å². The summed E-state index contributed by atoms with van der Waals surface area (Å²) >= 11 is 1.75. The predicted octanol–water partition coefficient (Wildman–Crippen LogP) is 3.06. The van der Waals surface area contributed by atoms with Gasteiger partial charge in [-0.1, -0.05) is 6.92 Å². The van der Waals surface area contributed by atoms with Gasteiger partial charge in [0.15, 0.2) is 0 Å². The molecule has 0 aromatic carbocycles. The van der Waals surface area contributed by atoms with Crippen molar-refractivity contribution < 1.29 is 0 Å². The first-order valence-corrected chi connectivity index (χ1v) is 6.88. The second-order valence-corrected chi connectivity index (χ2v) is 5.70. The van der Waals surface area contributed by atoms with Crippen molar-refractivity contribution >= 4 is 11.3 Å². The summed E-state index contributed by atoms with van der Waals surface area (Å²) in [6.07, 6.45) is 2.82. The van der Waals surface area contributed by atoms with Gasteiger partial charge in [0, 0.05) is 22.0 Å². The van der Waals surface area contributed by atoms with Crippen molar-refractivity contribution in [1.82, 2.24) is 4.57 Å². The van der Waals surface area contributed by atoms with Gasteiger partial charge in [-0.3, -0.25) is 0 Å². The fourth-order valence-electron chi connectivity index (χ4n) is 2.12. The highest BCUT2D eigenvalue weighted by atomic mass is 32.1. The maximum absolute atomic E-state index is 9.15. The first kappa shape index (κ1) is 12.9. The van der Waals surface area contributed by atoms with Crippen molar-refractivity contribution in [3.8, 4) is 6.07 Å². The molecule has 3 nitrogen and oxygen atoms in total. The normalized spacial score (nSPS) is 14.1. The largest absolute Gasteiger partial charge is 0.330 e. The third kappa shape index (κ3) is 2.33. The molecule has 0 aliphatic rings. The summed E-state index contributed by atoms with van der Waals surface area (Å²) in [6, 6.07) is 10.2. The monoisotopic (exact) mass is 259 g/mol. The van der Waals surface area contributed by atoms with Gasteiger partial charge >= 0.3 is 0 Å². The average molecular weight is 259 g/mol. The van der Waals surface area contributed by atoms with Gasteiger partial charge in [0.1, 0.15) is 11.8 Å². The number of nitrogens with two attached hydrogens (primary N) is 1. The number of hydrogen-bond donors (Lipinski definition) is 1. The molecule has 0 saturated heterocycles. The van der Waals surface area contributed by atoms with E-state index in [1.807, 2.05) is 22.9 Å². The molecule has 0 saturated carbocycles. The van der Waals surface area contributed by atoms with E-state index in [2.05, 4.69) is 32.0 Å². The van der Waals surface area contributed by atoms with Crippen LogP contribution in [0, 0.1) is 18.3 Å². The molecule has 0 radical (unpaired) electrons. The maximum Gasteiger partial charge on any atom is 0.120 e. The number of nitrogens with zero attached hydrogens (tertiary/aromatic N) is 2. The molecule has 2 heterocycles. The Balaban J connectivity index is 2.47. The first-order chi connectivity index (χ1) is 8.67. The van der Waals surface area contributed by atoms with Gasteiger partial charge in [0.2, 0.25) is 0 Å². The maximum atomic E-state index is 9.15. The Bertz CT molecular complexity index is 562. The summed E-state index contributed by atoms with van der Waals surface area (Å²) < 4.78 is 1.99. The smallest absolute Gasteiger partial charge is 0.120 e. The van der Waals surface area contributed by atoms with Crippen molar-refractivity contribution in [2.75, 3.05) is 0 Å². The van der Waals surface area contributed by atoms with E-state index in [-0.39, 0.29) is 12.1 Å². The molecular formula is C14H17N3S. The van der Waals surface area contributed by atoms with Gasteiger partial charge in [0.05, 0.1) is 6.04 Å². The number of aryl methyl sites for hydroxylation is 1. The number of hydrogen-bond acceptors (Lipinski definition) is 3. The number of nitriles is 1. The summed E-state index contributed by atoms with van der Waals surface area (Å²) in [4.78, 5) is 2.48. The van der Waals surface area contributed by atoms with Crippen LogP contribution in [0.15, 0.2) is 30.5 Å². The molecule has 2 atom stereocenters. The summed E-state index contributed by atoms with van der Waals surface area (Å²) in [5.41, 5.74) is 6.91. The van der Waals surface area contributed by atoms with Gasteiger partial charge in [-0.15, -0.1) is 11.3 Å². The van der Waals surface area contributed by atoms with E-state index in [0.29, 0.717) is 5.69 Å². The lowest BCUT2D eigenvalue weighted by atomic mass is 10.0. The number of thiophene rings is 1. The van der Waals surface area contributed by atoms with Crippen LogP contribution in [0.5, 0.6) is 0 Å². The first-order valence-electron chi connectivity index (χ1n) is 6.06. The van der Waals surface area contributed by atoms with E-state index in [1.54, 1.807) is 11.3 Å². The van der Waals surface area contributed by atoms with E-state index in [1.165, 1.54) is 9.75 Å². The third-order valence-corrected chi connectivity index (χ3v) is 4.19. The van der Waals surface area contributed by atoms with Gasteiger partial charge in [0.25, 0.3) is 0 Å². The van der Waals surface area contributed by atoms with Crippen molar-refractivity contribution in [2.45, 2.75) is 32.4 Å². The fraction of sp³-hybridized carbons (Fsp3) is 0.357. The molecular weight excluding hydrogens is 242 g/mol. The van der Waals surface area contributed by atoms with E-state index in [4.69, 9.17) is 11.0 Å². The quantitative estimate of drug-likeness (QED) is 0.917. The van der Waals surface area contributed by atoms with Gasteiger partial charge in [-0.25, -0.2) is 0 Å². The topological polar surface area (TPSA) is 54.7 Å². The highest BCUT2D eigenvalue weighted by Gasteiger charge is 2.23. The highest BCUT2D eigenvalue weighted by molar-refractivity contribution is 7.12. The molecule has 2 N–H and O–H groups in total. The Morgan fingerprint density at radius 1 is 1.44 bits per heavy atom. The van der Waals surface area contributed by atoms with Crippen LogP contribution in [0.3, 0.4) is 0 Å². The summed E-state index contributed by atoms with van der Waals surface area (Å²) in [5, 5.41) is 9.15. The molecule has 0 aliphatic carbocycles. The van der Waals surface area contributed by atoms with E-state index < -0.39 is 0 Å². The molecule has 2 unspecified atom stereocenters. The standard InChI is InChI=1S/C14H17N3S/c1-3-12(16)14(13-7-6-10(2)18-13)17-8-4-5-11(17)9-15/h4-8,12,14H,3,16H2,1-2H3. The van der Waals surface area contributed by atoms with E-state index in [0.717, 1.165) is 6.42 Å². The minimum Gasteiger partial charge on any atom is -0.330 e. The highest BCUT2D eigenvalue weighted by Crippen LogP contribution is 2.30. The van der Waals surface area contributed by atoms with Crippen LogP contribution < -0.4 is 5.73 Å².